The minimum absolute atomic E-state index is 0.0565. The van der Waals surface area contributed by atoms with E-state index in [4.69, 9.17) is 5.73 Å². The van der Waals surface area contributed by atoms with Crippen molar-refractivity contribution in [3.05, 3.63) is 21.9 Å². The van der Waals surface area contributed by atoms with Crippen molar-refractivity contribution in [2.75, 3.05) is 0 Å². The monoisotopic (exact) mass is 183 g/mol. The quantitative estimate of drug-likeness (QED) is 0.772. The molecule has 1 atom stereocenters. The molecule has 1 heterocycles. The fraction of sp³-hybridized carbons (Fsp3) is 0.444. The predicted octanol–water partition coefficient (Wildman–Crippen LogP) is 1.52. The Bertz CT molecular complexity index is 280. The maximum Gasteiger partial charge on any atom is 0.146 e. The van der Waals surface area contributed by atoms with Gasteiger partial charge in [0.2, 0.25) is 0 Å². The molecule has 1 aromatic heterocycles. The van der Waals surface area contributed by atoms with Crippen molar-refractivity contribution in [2.24, 2.45) is 5.73 Å². The zero-order valence-electron chi connectivity index (χ0n) is 7.33. The van der Waals surface area contributed by atoms with Gasteiger partial charge in [0.15, 0.2) is 0 Å². The lowest BCUT2D eigenvalue weighted by Crippen LogP contribution is -2.30. The summed E-state index contributed by atoms with van der Waals surface area (Å²) in [4.78, 5) is 13.3. The summed E-state index contributed by atoms with van der Waals surface area (Å²) in [6, 6.07) is 3.75. The van der Waals surface area contributed by atoms with Crippen molar-refractivity contribution in [1.82, 2.24) is 0 Å². The molecule has 0 spiro atoms. The minimum Gasteiger partial charge on any atom is -0.321 e. The van der Waals surface area contributed by atoms with Crippen LogP contribution in [0.5, 0.6) is 0 Å². The molecule has 66 valence electrons. The Morgan fingerprint density at radius 2 is 2.33 bits per heavy atom. The van der Waals surface area contributed by atoms with Gasteiger partial charge in [0.05, 0.1) is 6.04 Å². The van der Waals surface area contributed by atoms with Crippen LogP contribution in [0.15, 0.2) is 12.1 Å². The second-order valence-electron chi connectivity index (χ2n) is 2.93. The zero-order chi connectivity index (χ0) is 9.14. The number of Topliss-reactive ketones (excluding diaryl/α,β-unsaturated/α-hetero) is 1. The summed E-state index contributed by atoms with van der Waals surface area (Å²) in [6.45, 7) is 3.58. The number of carbonyl (C=O) groups is 1. The molecule has 0 aliphatic heterocycles. The van der Waals surface area contributed by atoms with Crippen LogP contribution in [-0.4, -0.2) is 11.8 Å². The van der Waals surface area contributed by atoms with Crippen LogP contribution < -0.4 is 5.73 Å². The van der Waals surface area contributed by atoms with Gasteiger partial charge in [0.25, 0.3) is 0 Å². The molecule has 0 bridgehead atoms. The Kier molecular flexibility index (Phi) is 3.00. The molecular weight excluding hydrogens is 170 g/mol. The standard InChI is InChI=1S/C9H13NOS/c1-6-3-4-8(12-6)5-9(10)7(2)11/h3-4,9H,5,10H2,1-2H3. The number of hydrogen-bond acceptors (Lipinski definition) is 3. The Labute approximate surface area is 76.4 Å². The number of thiophene rings is 1. The normalized spacial score (nSPS) is 12.9. The third-order valence-corrected chi connectivity index (χ3v) is 2.76. The summed E-state index contributed by atoms with van der Waals surface area (Å²) < 4.78 is 0. The zero-order valence-corrected chi connectivity index (χ0v) is 8.15. The molecule has 0 saturated heterocycles. The van der Waals surface area contributed by atoms with Gasteiger partial charge in [-0.3, -0.25) is 4.79 Å². The molecule has 0 aliphatic carbocycles. The smallest absolute Gasteiger partial charge is 0.146 e. The number of ketones is 1. The molecule has 0 saturated carbocycles. The second-order valence-corrected chi connectivity index (χ2v) is 4.31. The highest BCUT2D eigenvalue weighted by atomic mass is 32.1. The van der Waals surface area contributed by atoms with Crippen molar-refractivity contribution in [3.63, 3.8) is 0 Å². The van der Waals surface area contributed by atoms with Gasteiger partial charge in [-0.1, -0.05) is 0 Å². The van der Waals surface area contributed by atoms with Crippen molar-refractivity contribution in [1.29, 1.82) is 0 Å². The maximum absolute atomic E-state index is 10.8. The molecule has 0 aliphatic rings. The van der Waals surface area contributed by atoms with E-state index < -0.39 is 0 Å². The third-order valence-electron chi connectivity index (χ3n) is 1.74. The first kappa shape index (κ1) is 9.42. The van der Waals surface area contributed by atoms with Crippen LogP contribution in [-0.2, 0) is 11.2 Å². The van der Waals surface area contributed by atoms with Crippen LogP contribution in [0.4, 0.5) is 0 Å². The molecule has 2 nitrogen and oxygen atoms in total. The molecule has 0 amide bonds. The fourth-order valence-corrected chi connectivity index (χ4v) is 1.90. The Morgan fingerprint density at radius 1 is 1.67 bits per heavy atom. The summed E-state index contributed by atoms with van der Waals surface area (Å²) in [5.41, 5.74) is 5.61. The number of carbonyl (C=O) groups excluding carboxylic acids is 1. The lowest BCUT2D eigenvalue weighted by molar-refractivity contribution is -0.118. The van der Waals surface area contributed by atoms with Gasteiger partial charge in [0.1, 0.15) is 5.78 Å². The topological polar surface area (TPSA) is 43.1 Å². The van der Waals surface area contributed by atoms with Crippen LogP contribution in [0.25, 0.3) is 0 Å². The lowest BCUT2D eigenvalue weighted by atomic mass is 10.1. The van der Waals surface area contributed by atoms with Crippen LogP contribution in [0.2, 0.25) is 0 Å². The number of aryl methyl sites for hydroxylation is 1. The summed E-state index contributed by atoms with van der Waals surface area (Å²) >= 11 is 1.70. The number of rotatable bonds is 3. The van der Waals surface area contributed by atoms with Gasteiger partial charge >= 0.3 is 0 Å². The Morgan fingerprint density at radius 3 is 2.75 bits per heavy atom. The van der Waals surface area contributed by atoms with E-state index in [1.54, 1.807) is 11.3 Å². The fourth-order valence-electron chi connectivity index (χ4n) is 0.955. The van der Waals surface area contributed by atoms with E-state index in [1.807, 2.05) is 19.1 Å². The minimum atomic E-state index is -0.331. The summed E-state index contributed by atoms with van der Waals surface area (Å²) in [5, 5.41) is 0. The highest BCUT2D eigenvalue weighted by Crippen LogP contribution is 2.16. The van der Waals surface area contributed by atoms with E-state index in [0.29, 0.717) is 6.42 Å². The molecule has 12 heavy (non-hydrogen) atoms. The molecule has 0 fully saturated rings. The van der Waals surface area contributed by atoms with Gasteiger partial charge in [0, 0.05) is 16.2 Å². The molecule has 2 N–H and O–H groups in total. The third kappa shape index (κ3) is 2.43. The van der Waals surface area contributed by atoms with Crippen molar-refractivity contribution in [2.45, 2.75) is 26.3 Å². The van der Waals surface area contributed by atoms with Crippen LogP contribution in [0.1, 0.15) is 16.7 Å². The largest absolute Gasteiger partial charge is 0.321 e. The lowest BCUT2D eigenvalue weighted by Gasteiger charge is -2.04. The van der Waals surface area contributed by atoms with Gasteiger partial charge in [-0.25, -0.2) is 0 Å². The second kappa shape index (κ2) is 3.83. The van der Waals surface area contributed by atoms with E-state index in [1.165, 1.54) is 16.7 Å². The van der Waals surface area contributed by atoms with Crippen molar-refractivity contribution in [3.8, 4) is 0 Å². The molecule has 1 rings (SSSR count). The van der Waals surface area contributed by atoms with Gasteiger partial charge in [-0.15, -0.1) is 11.3 Å². The first-order valence-electron chi connectivity index (χ1n) is 3.91. The molecule has 0 aromatic carbocycles. The van der Waals surface area contributed by atoms with E-state index in [9.17, 15) is 4.79 Å². The number of hydrogen-bond donors (Lipinski definition) is 1. The summed E-state index contributed by atoms with van der Waals surface area (Å²) in [6.07, 6.45) is 0.674. The molecule has 3 heteroatoms. The molecule has 1 unspecified atom stereocenters. The predicted molar refractivity (Wildman–Crippen MR) is 51.4 cm³/mol. The van der Waals surface area contributed by atoms with Crippen molar-refractivity contribution < 1.29 is 4.79 Å². The Hall–Kier alpha value is -0.670. The first-order valence-corrected chi connectivity index (χ1v) is 4.72. The average molecular weight is 183 g/mol. The maximum atomic E-state index is 10.8. The summed E-state index contributed by atoms with van der Waals surface area (Å²) in [7, 11) is 0. The highest BCUT2D eigenvalue weighted by Gasteiger charge is 2.09. The molecule has 0 radical (unpaired) electrons. The van der Waals surface area contributed by atoms with Gasteiger partial charge in [-0.2, -0.15) is 0 Å². The average Bonchev–Trinajstić information content (AvgIpc) is 2.35. The van der Waals surface area contributed by atoms with Crippen LogP contribution >= 0.6 is 11.3 Å². The van der Waals surface area contributed by atoms with Gasteiger partial charge < -0.3 is 5.73 Å². The van der Waals surface area contributed by atoms with Crippen molar-refractivity contribution >= 4 is 17.1 Å². The highest BCUT2D eigenvalue weighted by molar-refractivity contribution is 7.11. The number of nitrogens with two attached hydrogens (primary N) is 1. The summed E-state index contributed by atoms with van der Waals surface area (Å²) in [5.74, 6) is 0.0565. The molecule has 1 aromatic rings. The van der Waals surface area contributed by atoms with E-state index >= 15 is 0 Å². The Balaban J connectivity index is 2.58. The molecular formula is C9H13NOS. The van der Waals surface area contributed by atoms with E-state index in [0.717, 1.165) is 0 Å². The van der Waals surface area contributed by atoms with Crippen LogP contribution in [0.3, 0.4) is 0 Å². The SMILES string of the molecule is CC(=O)C(N)Cc1ccc(C)s1. The van der Waals surface area contributed by atoms with E-state index in [-0.39, 0.29) is 11.8 Å². The van der Waals surface area contributed by atoms with E-state index in [2.05, 4.69) is 0 Å². The first-order chi connectivity index (χ1) is 5.59. The van der Waals surface area contributed by atoms with Gasteiger partial charge in [-0.05, 0) is 26.0 Å². The van der Waals surface area contributed by atoms with Crippen LogP contribution in [0, 0.1) is 6.92 Å².